The van der Waals surface area contributed by atoms with Crippen LogP contribution in [0.2, 0.25) is 0 Å². The fraction of sp³-hybridized carbons (Fsp3) is 0.846. The highest BCUT2D eigenvalue weighted by atomic mass is 16.4. The number of amides is 2. The van der Waals surface area contributed by atoms with Gasteiger partial charge in [0, 0.05) is 25.2 Å². The Bertz CT molecular complexity index is 344. The number of carboxylic acid groups (broad SMARTS) is 1. The van der Waals surface area contributed by atoms with Crippen LogP contribution < -0.4 is 5.32 Å². The molecule has 0 spiro atoms. The molecule has 0 aromatic heterocycles. The lowest BCUT2D eigenvalue weighted by atomic mass is 10.00. The zero-order valence-corrected chi connectivity index (χ0v) is 12.3. The second kappa shape index (κ2) is 6.23. The van der Waals surface area contributed by atoms with Crippen molar-refractivity contribution in [1.82, 2.24) is 15.1 Å². The highest BCUT2D eigenvalue weighted by Gasteiger charge is 2.34. The molecule has 0 aromatic rings. The van der Waals surface area contributed by atoms with Crippen LogP contribution in [-0.4, -0.2) is 65.2 Å². The Morgan fingerprint density at radius 3 is 2.47 bits per heavy atom. The molecule has 6 heteroatoms. The van der Waals surface area contributed by atoms with Gasteiger partial charge in [-0.3, -0.25) is 4.90 Å². The number of carboxylic acids is 1. The minimum atomic E-state index is -0.969. The highest BCUT2D eigenvalue weighted by Crippen LogP contribution is 2.18. The van der Waals surface area contributed by atoms with Gasteiger partial charge in [0.25, 0.3) is 0 Å². The first kappa shape index (κ1) is 15.8. The van der Waals surface area contributed by atoms with Gasteiger partial charge < -0.3 is 15.3 Å². The zero-order valence-electron chi connectivity index (χ0n) is 12.3. The van der Waals surface area contributed by atoms with Crippen LogP contribution in [0.5, 0.6) is 0 Å². The second-order valence-corrected chi connectivity index (χ2v) is 5.78. The van der Waals surface area contributed by atoms with Gasteiger partial charge in [-0.1, -0.05) is 13.3 Å². The summed E-state index contributed by atoms with van der Waals surface area (Å²) < 4.78 is 0. The van der Waals surface area contributed by atoms with Crippen molar-refractivity contribution in [2.75, 3.05) is 26.7 Å². The van der Waals surface area contributed by atoms with Crippen LogP contribution in [0.15, 0.2) is 0 Å². The number of urea groups is 1. The first-order valence-corrected chi connectivity index (χ1v) is 6.77. The number of rotatable bonds is 4. The van der Waals surface area contributed by atoms with Crippen LogP contribution in [0.25, 0.3) is 0 Å². The van der Waals surface area contributed by atoms with Gasteiger partial charge in [0.1, 0.15) is 6.04 Å². The van der Waals surface area contributed by atoms with Gasteiger partial charge in [-0.05, 0) is 27.3 Å². The number of carbonyl (C=O) groups is 2. The van der Waals surface area contributed by atoms with E-state index in [4.69, 9.17) is 5.11 Å². The molecular weight excluding hydrogens is 246 g/mol. The molecule has 6 nitrogen and oxygen atoms in total. The number of aliphatic carboxylic acids is 1. The Morgan fingerprint density at radius 2 is 2.00 bits per heavy atom. The Morgan fingerprint density at radius 1 is 1.37 bits per heavy atom. The minimum absolute atomic E-state index is 0.0843. The Kier molecular flexibility index (Phi) is 5.17. The number of nitrogens with one attached hydrogen (secondary N) is 1. The van der Waals surface area contributed by atoms with Gasteiger partial charge in [0.05, 0.1) is 0 Å². The lowest BCUT2D eigenvalue weighted by molar-refractivity contribution is -0.139. The van der Waals surface area contributed by atoms with Crippen molar-refractivity contribution >= 4 is 12.0 Å². The summed E-state index contributed by atoms with van der Waals surface area (Å²) in [5, 5.41) is 11.7. The SMILES string of the molecule is CCCC(NC(=O)N1CCN(C)C(C)(C)C1)C(=O)O. The molecule has 1 heterocycles. The van der Waals surface area contributed by atoms with Crippen LogP contribution >= 0.6 is 0 Å². The van der Waals surface area contributed by atoms with Crippen molar-refractivity contribution in [2.45, 2.75) is 45.2 Å². The van der Waals surface area contributed by atoms with Gasteiger partial charge in [-0.15, -0.1) is 0 Å². The average molecular weight is 271 g/mol. The van der Waals surface area contributed by atoms with Crippen molar-refractivity contribution in [1.29, 1.82) is 0 Å². The summed E-state index contributed by atoms with van der Waals surface area (Å²) in [5.41, 5.74) is -0.0843. The molecule has 0 bridgehead atoms. The fourth-order valence-electron chi connectivity index (χ4n) is 2.20. The maximum atomic E-state index is 12.1. The van der Waals surface area contributed by atoms with E-state index in [1.807, 2.05) is 14.0 Å². The van der Waals surface area contributed by atoms with E-state index in [-0.39, 0.29) is 11.6 Å². The number of hydrogen-bond acceptors (Lipinski definition) is 3. The molecule has 0 aliphatic carbocycles. The number of piperazine rings is 1. The number of nitrogens with zero attached hydrogens (tertiary/aromatic N) is 2. The molecule has 0 aromatic carbocycles. The Hall–Kier alpha value is -1.30. The third-order valence-corrected chi connectivity index (χ3v) is 3.78. The third-order valence-electron chi connectivity index (χ3n) is 3.78. The van der Waals surface area contributed by atoms with Crippen molar-refractivity contribution in [3.8, 4) is 0 Å². The van der Waals surface area contributed by atoms with Crippen molar-refractivity contribution < 1.29 is 14.7 Å². The molecule has 0 saturated carbocycles. The summed E-state index contributed by atoms with van der Waals surface area (Å²) >= 11 is 0. The molecule has 1 fully saturated rings. The monoisotopic (exact) mass is 271 g/mol. The summed E-state index contributed by atoms with van der Waals surface area (Å²) in [5.74, 6) is -0.969. The van der Waals surface area contributed by atoms with Gasteiger partial charge in [0.15, 0.2) is 0 Å². The summed E-state index contributed by atoms with van der Waals surface area (Å²) in [4.78, 5) is 27.1. The normalized spacial score (nSPS) is 20.9. The number of carbonyl (C=O) groups excluding carboxylic acids is 1. The summed E-state index contributed by atoms with van der Waals surface area (Å²) in [6.45, 7) is 8.09. The number of likely N-dealkylation sites (N-methyl/N-ethyl adjacent to an activating group) is 1. The quantitative estimate of drug-likeness (QED) is 0.799. The van der Waals surface area contributed by atoms with E-state index in [0.717, 1.165) is 13.0 Å². The molecule has 1 rings (SSSR count). The van der Waals surface area contributed by atoms with Crippen LogP contribution in [0.3, 0.4) is 0 Å². The molecule has 2 N–H and O–H groups in total. The lowest BCUT2D eigenvalue weighted by Gasteiger charge is -2.45. The average Bonchev–Trinajstić information content (AvgIpc) is 2.31. The Balaban J connectivity index is 2.60. The predicted octanol–water partition coefficient (Wildman–Crippen LogP) is 0.975. The van der Waals surface area contributed by atoms with E-state index in [2.05, 4.69) is 24.1 Å². The van der Waals surface area contributed by atoms with Crippen molar-refractivity contribution in [3.05, 3.63) is 0 Å². The first-order chi connectivity index (χ1) is 8.77. The topological polar surface area (TPSA) is 72.9 Å². The molecule has 0 radical (unpaired) electrons. The van der Waals surface area contributed by atoms with Crippen LogP contribution in [0.1, 0.15) is 33.6 Å². The lowest BCUT2D eigenvalue weighted by Crippen LogP contribution is -2.61. The fourth-order valence-corrected chi connectivity index (χ4v) is 2.20. The van der Waals surface area contributed by atoms with Crippen LogP contribution in [-0.2, 0) is 4.79 Å². The van der Waals surface area contributed by atoms with E-state index in [1.54, 1.807) is 4.90 Å². The standard InChI is InChI=1S/C13H25N3O3/c1-5-6-10(11(17)18)14-12(19)16-8-7-15(4)13(2,3)9-16/h10H,5-9H2,1-4H3,(H,14,19)(H,17,18). The predicted molar refractivity (Wildman–Crippen MR) is 73.1 cm³/mol. The van der Waals surface area contributed by atoms with E-state index in [9.17, 15) is 9.59 Å². The molecule has 1 unspecified atom stereocenters. The van der Waals surface area contributed by atoms with Gasteiger partial charge in [-0.25, -0.2) is 9.59 Å². The molecule has 1 aliphatic heterocycles. The van der Waals surface area contributed by atoms with Crippen molar-refractivity contribution in [2.24, 2.45) is 0 Å². The van der Waals surface area contributed by atoms with E-state index >= 15 is 0 Å². The zero-order chi connectivity index (χ0) is 14.6. The second-order valence-electron chi connectivity index (χ2n) is 5.78. The maximum absolute atomic E-state index is 12.1. The molecule has 19 heavy (non-hydrogen) atoms. The summed E-state index contributed by atoms with van der Waals surface area (Å²) in [6.07, 6.45) is 1.18. The first-order valence-electron chi connectivity index (χ1n) is 6.77. The molecule has 110 valence electrons. The van der Waals surface area contributed by atoms with Gasteiger partial charge >= 0.3 is 12.0 Å². The van der Waals surface area contributed by atoms with Crippen molar-refractivity contribution in [3.63, 3.8) is 0 Å². The van der Waals surface area contributed by atoms with Gasteiger partial charge in [-0.2, -0.15) is 0 Å². The summed E-state index contributed by atoms with van der Waals surface area (Å²) in [6, 6.07) is -1.07. The van der Waals surface area contributed by atoms with Gasteiger partial charge in [0.2, 0.25) is 0 Å². The molecule has 1 saturated heterocycles. The Labute approximate surface area is 114 Å². The maximum Gasteiger partial charge on any atom is 0.326 e. The summed E-state index contributed by atoms with van der Waals surface area (Å²) in [7, 11) is 2.03. The highest BCUT2D eigenvalue weighted by molar-refractivity contribution is 5.82. The molecule has 1 atom stereocenters. The smallest absolute Gasteiger partial charge is 0.326 e. The third kappa shape index (κ3) is 4.09. The number of hydrogen-bond donors (Lipinski definition) is 2. The van der Waals surface area contributed by atoms with E-state index in [0.29, 0.717) is 19.5 Å². The molecule has 1 aliphatic rings. The van der Waals surface area contributed by atoms with Crippen LogP contribution in [0, 0.1) is 0 Å². The minimum Gasteiger partial charge on any atom is -0.480 e. The van der Waals surface area contributed by atoms with E-state index in [1.165, 1.54) is 0 Å². The largest absolute Gasteiger partial charge is 0.480 e. The van der Waals surface area contributed by atoms with E-state index < -0.39 is 12.0 Å². The molecular formula is C13H25N3O3. The van der Waals surface area contributed by atoms with Crippen LogP contribution in [0.4, 0.5) is 4.79 Å². The molecule has 2 amide bonds.